The van der Waals surface area contributed by atoms with E-state index in [-0.39, 0.29) is 5.91 Å². The van der Waals surface area contributed by atoms with E-state index in [1.807, 2.05) is 62.6 Å². The zero-order valence-corrected chi connectivity index (χ0v) is 17.4. The highest BCUT2D eigenvalue weighted by Crippen LogP contribution is 2.43. The van der Waals surface area contributed by atoms with Crippen molar-refractivity contribution in [3.8, 4) is 6.07 Å². The fourth-order valence-corrected chi connectivity index (χ4v) is 4.31. The maximum absolute atomic E-state index is 13.3. The summed E-state index contributed by atoms with van der Waals surface area (Å²) in [4.78, 5) is 17.9. The van der Waals surface area contributed by atoms with Gasteiger partial charge in [0.1, 0.15) is 5.03 Å². The Hall–Kier alpha value is -2.55. The Morgan fingerprint density at radius 3 is 2.50 bits per heavy atom. The summed E-state index contributed by atoms with van der Waals surface area (Å²) in [6.07, 6.45) is 1.88. The van der Waals surface area contributed by atoms with Gasteiger partial charge in [-0.15, -0.1) is 11.8 Å². The van der Waals surface area contributed by atoms with Gasteiger partial charge in [-0.1, -0.05) is 48.0 Å². The quantitative estimate of drug-likeness (QED) is 0.718. The Bertz CT molecular complexity index is 1020. The van der Waals surface area contributed by atoms with Gasteiger partial charge in [0.25, 0.3) is 0 Å². The second kappa shape index (κ2) is 8.64. The Morgan fingerprint density at radius 2 is 1.86 bits per heavy atom. The molecule has 6 heteroatoms. The number of anilines is 1. The summed E-state index contributed by atoms with van der Waals surface area (Å²) in [6.45, 7) is 3.77. The third kappa shape index (κ3) is 3.84. The third-order valence-corrected chi connectivity index (χ3v) is 5.88. The highest BCUT2D eigenvalue weighted by atomic mass is 35.5. The van der Waals surface area contributed by atoms with Crippen LogP contribution in [0.5, 0.6) is 0 Å². The Balaban J connectivity index is 2.10. The van der Waals surface area contributed by atoms with E-state index in [1.165, 1.54) is 11.8 Å². The topological polar surface area (TPSA) is 65.2 Å². The number of nitrogens with one attached hydrogen (secondary N) is 1. The lowest BCUT2D eigenvalue weighted by molar-refractivity contribution is -0.118. The minimum absolute atomic E-state index is 0.201. The molecule has 0 saturated carbocycles. The van der Waals surface area contributed by atoms with Crippen LogP contribution in [0.15, 0.2) is 64.1 Å². The Kier molecular flexibility index (Phi) is 6.23. The van der Waals surface area contributed by atoms with Gasteiger partial charge in [0, 0.05) is 22.3 Å². The van der Waals surface area contributed by atoms with E-state index in [1.54, 1.807) is 6.07 Å². The molecular formula is C22H20ClN3OS. The van der Waals surface area contributed by atoms with Gasteiger partial charge in [-0.2, -0.15) is 5.26 Å². The highest BCUT2D eigenvalue weighted by Gasteiger charge is 2.40. The van der Waals surface area contributed by atoms with Crippen molar-refractivity contribution in [2.75, 3.05) is 11.6 Å². The van der Waals surface area contributed by atoms with Crippen LogP contribution in [0, 0.1) is 24.2 Å². The summed E-state index contributed by atoms with van der Waals surface area (Å²) >= 11 is 7.86. The monoisotopic (exact) mass is 409 g/mol. The van der Waals surface area contributed by atoms with Crippen LogP contribution in [0.4, 0.5) is 5.69 Å². The van der Waals surface area contributed by atoms with Crippen LogP contribution < -0.4 is 5.32 Å². The minimum atomic E-state index is -0.620. The number of allylic oxidation sites excluding steroid dienone is 1. The smallest absolute Gasteiger partial charge is 0.234 e. The number of carbonyl (C=O) groups excluding carboxylic acids is 1. The summed E-state index contributed by atoms with van der Waals surface area (Å²) < 4.78 is 0. The van der Waals surface area contributed by atoms with E-state index in [0.29, 0.717) is 21.3 Å². The highest BCUT2D eigenvalue weighted by molar-refractivity contribution is 8.02. The molecule has 0 saturated heterocycles. The number of amides is 1. The summed E-state index contributed by atoms with van der Waals surface area (Å²) in [7, 11) is 0. The van der Waals surface area contributed by atoms with E-state index < -0.39 is 11.8 Å². The molecule has 3 rings (SSSR count). The second-order valence-corrected chi connectivity index (χ2v) is 7.77. The molecule has 0 bridgehead atoms. The number of aryl methyl sites for hydroxylation is 1. The molecule has 1 N–H and O–H groups in total. The number of hydrogen-bond donors (Lipinski definition) is 1. The average Bonchev–Trinajstić information content (AvgIpc) is 2.69. The van der Waals surface area contributed by atoms with Crippen molar-refractivity contribution in [1.29, 1.82) is 5.26 Å². The molecule has 1 heterocycles. The van der Waals surface area contributed by atoms with Crippen LogP contribution in [0.1, 0.15) is 24.0 Å². The van der Waals surface area contributed by atoms with Gasteiger partial charge in [0.05, 0.1) is 17.6 Å². The van der Waals surface area contributed by atoms with Crippen molar-refractivity contribution in [1.82, 2.24) is 0 Å². The molecular weight excluding hydrogens is 390 g/mol. The largest absolute Gasteiger partial charge is 0.325 e. The van der Waals surface area contributed by atoms with Crippen LogP contribution in [0.25, 0.3) is 0 Å². The van der Waals surface area contributed by atoms with Gasteiger partial charge < -0.3 is 5.32 Å². The van der Waals surface area contributed by atoms with Gasteiger partial charge >= 0.3 is 0 Å². The predicted octanol–water partition coefficient (Wildman–Crippen LogP) is 5.56. The fraction of sp³-hybridized carbons (Fsp3) is 0.227. The van der Waals surface area contributed by atoms with Gasteiger partial charge in [-0.3, -0.25) is 4.79 Å². The minimum Gasteiger partial charge on any atom is -0.325 e. The lowest BCUT2D eigenvalue weighted by Crippen LogP contribution is -2.36. The molecule has 0 fully saturated rings. The number of thioether (sulfide) groups is 1. The van der Waals surface area contributed by atoms with Crippen molar-refractivity contribution < 1.29 is 4.79 Å². The zero-order valence-electron chi connectivity index (χ0n) is 15.9. The van der Waals surface area contributed by atoms with Gasteiger partial charge in [0.15, 0.2) is 0 Å². The molecule has 2 aromatic rings. The van der Waals surface area contributed by atoms with Crippen molar-refractivity contribution in [3.63, 3.8) is 0 Å². The predicted molar refractivity (Wildman–Crippen MR) is 117 cm³/mol. The number of nitriles is 1. The number of nitrogens with zero attached hydrogens (tertiary/aromatic N) is 2. The van der Waals surface area contributed by atoms with Gasteiger partial charge in [0.2, 0.25) is 5.91 Å². The first kappa shape index (κ1) is 20.2. The van der Waals surface area contributed by atoms with E-state index >= 15 is 0 Å². The van der Waals surface area contributed by atoms with E-state index in [9.17, 15) is 10.1 Å². The van der Waals surface area contributed by atoms with Gasteiger partial charge in [-0.05, 0) is 43.4 Å². The normalized spacial score (nSPS) is 19.0. The van der Waals surface area contributed by atoms with E-state index in [2.05, 4.69) is 16.4 Å². The van der Waals surface area contributed by atoms with Crippen LogP contribution >= 0.6 is 23.4 Å². The molecule has 1 unspecified atom stereocenters. The summed E-state index contributed by atoms with van der Waals surface area (Å²) in [5, 5.41) is 14.0. The maximum Gasteiger partial charge on any atom is 0.234 e. The molecule has 28 heavy (non-hydrogen) atoms. The van der Waals surface area contributed by atoms with Crippen LogP contribution in [0.3, 0.4) is 0 Å². The molecule has 4 nitrogen and oxygen atoms in total. The third-order valence-electron chi connectivity index (χ3n) is 4.84. The van der Waals surface area contributed by atoms with Crippen molar-refractivity contribution in [2.45, 2.75) is 19.8 Å². The first-order valence-electron chi connectivity index (χ1n) is 8.82. The molecule has 1 amide bonds. The summed E-state index contributed by atoms with van der Waals surface area (Å²) in [6, 6.07) is 17.2. The van der Waals surface area contributed by atoms with Crippen molar-refractivity contribution >= 4 is 40.7 Å². The molecule has 0 aromatic heterocycles. The molecule has 1 aliphatic rings. The van der Waals surface area contributed by atoms with E-state index in [4.69, 9.17) is 11.6 Å². The Morgan fingerprint density at radius 1 is 1.18 bits per heavy atom. The molecule has 0 spiro atoms. The number of para-hydroxylation sites is 1. The maximum atomic E-state index is 13.3. The fourth-order valence-electron chi connectivity index (χ4n) is 3.43. The van der Waals surface area contributed by atoms with Crippen LogP contribution in [-0.4, -0.2) is 17.9 Å². The second-order valence-electron chi connectivity index (χ2n) is 6.57. The standard InChI is InChI=1S/C22H20ClN3OS/c1-13-8-4-7-11-18(13)26-21(27)19-14(2)25-22(28-3)16(12-24)20(19)15-9-5-6-10-17(15)23/h4-11,19-20H,1-3H3,(H,26,27)/t19?,20-/m0/s1. The molecule has 2 atom stereocenters. The van der Waals surface area contributed by atoms with Gasteiger partial charge in [-0.25, -0.2) is 4.99 Å². The SMILES string of the molecule is CSC1=C(C#N)[C@H](c2ccccc2Cl)C(C(=O)Nc2ccccc2C)C(C)=N1. The number of carbonyl (C=O) groups is 1. The molecule has 1 aliphatic heterocycles. The summed E-state index contributed by atoms with van der Waals surface area (Å²) in [5.41, 5.74) is 3.61. The number of aliphatic imine (C=N–C) groups is 1. The average molecular weight is 410 g/mol. The van der Waals surface area contributed by atoms with Crippen molar-refractivity contribution in [2.24, 2.45) is 10.9 Å². The van der Waals surface area contributed by atoms with Crippen LogP contribution in [-0.2, 0) is 4.79 Å². The number of halogens is 1. The molecule has 142 valence electrons. The zero-order chi connectivity index (χ0) is 20.3. The first-order chi connectivity index (χ1) is 13.5. The molecule has 0 radical (unpaired) electrons. The Labute approximate surface area is 174 Å². The lowest BCUT2D eigenvalue weighted by Gasteiger charge is -2.31. The first-order valence-corrected chi connectivity index (χ1v) is 10.4. The molecule has 0 aliphatic carbocycles. The van der Waals surface area contributed by atoms with E-state index in [0.717, 1.165) is 16.8 Å². The molecule has 2 aromatic carbocycles. The van der Waals surface area contributed by atoms with Crippen molar-refractivity contribution in [3.05, 3.63) is 75.3 Å². The lowest BCUT2D eigenvalue weighted by atomic mass is 9.76. The summed E-state index contributed by atoms with van der Waals surface area (Å²) in [5.74, 6) is -1.30. The number of hydrogen-bond acceptors (Lipinski definition) is 4. The van der Waals surface area contributed by atoms with Crippen LogP contribution in [0.2, 0.25) is 5.02 Å². The number of benzene rings is 2. The number of rotatable bonds is 4.